The van der Waals surface area contributed by atoms with Crippen molar-refractivity contribution in [3.05, 3.63) is 33.8 Å². The largest absolute Gasteiger partial charge is 0.368 e. The molecule has 2 heterocycles. The van der Waals surface area contributed by atoms with Crippen molar-refractivity contribution in [2.75, 3.05) is 5.73 Å². The molecule has 2 rings (SSSR count). The molecule has 20 heavy (non-hydrogen) atoms. The van der Waals surface area contributed by atoms with E-state index in [2.05, 4.69) is 14.7 Å². The molecule has 0 aliphatic rings. The molecule has 0 fully saturated rings. The number of thiophene rings is 1. The molecular weight excluding hydrogens is 296 g/mol. The number of nitrogens with two attached hydrogens (primary N) is 1. The van der Waals surface area contributed by atoms with Crippen LogP contribution in [0.3, 0.4) is 0 Å². The lowest BCUT2D eigenvalue weighted by atomic mass is 10.1. The van der Waals surface area contributed by atoms with E-state index in [0.717, 1.165) is 15.3 Å². The number of aromatic nitrogens is 2. The first-order valence-electron chi connectivity index (χ1n) is 5.96. The maximum atomic E-state index is 12.2. The standard InChI is InChI=1S/C12H16N4O2S2/c1-7-4-11(9(3)19-7)8(2)16-20(17,18)10-5-14-12(13)15-6-10/h4-6,8,16H,1-3H3,(H2,13,14,15). The molecule has 0 aromatic carbocycles. The summed E-state index contributed by atoms with van der Waals surface area (Å²) < 4.78 is 27.1. The summed E-state index contributed by atoms with van der Waals surface area (Å²) in [7, 11) is -3.66. The number of nitrogens with one attached hydrogen (secondary N) is 1. The van der Waals surface area contributed by atoms with Gasteiger partial charge in [-0.25, -0.2) is 23.1 Å². The predicted molar refractivity (Wildman–Crippen MR) is 79.0 cm³/mol. The average molecular weight is 312 g/mol. The van der Waals surface area contributed by atoms with E-state index in [1.165, 1.54) is 12.4 Å². The maximum Gasteiger partial charge on any atom is 0.244 e. The van der Waals surface area contributed by atoms with Gasteiger partial charge in [0.25, 0.3) is 0 Å². The summed E-state index contributed by atoms with van der Waals surface area (Å²) in [6, 6.07) is 1.68. The van der Waals surface area contributed by atoms with Crippen molar-refractivity contribution >= 4 is 27.3 Å². The Kier molecular flexibility index (Phi) is 4.07. The van der Waals surface area contributed by atoms with Gasteiger partial charge in [0, 0.05) is 15.8 Å². The Morgan fingerprint density at radius 3 is 2.40 bits per heavy atom. The zero-order valence-electron chi connectivity index (χ0n) is 11.4. The van der Waals surface area contributed by atoms with Crippen LogP contribution >= 0.6 is 11.3 Å². The average Bonchev–Trinajstić information content (AvgIpc) is 2.68. The Morgan fingerprint density at radius 2 is 1.90 bits per heavy atom. The molecule has 0 saturated heterocycles. The quantitative estimate of drug-likeness (QED) is 0.896. The van der Waals surface area contributed by atoms with Crippen molar-refractivity contribution < 1.29 is 8.42 Å². The third-order valence-corrected chi connectivity index (χ3v) is 5.31. The van der Waals surface area contributed by atoms with E-state index in [1.807, 2.05) is 26.8 Å². The van der Waals surface area contributed by atoms with Gasteiger partial charge < -0.3 is 5.73 Å². The Bertz CT molecular complexity index is 708. The van der Waals surface area contributed by atoms with Crippen LogP contribution in [-0.2, 0) is 10.0 Å². The highest BCUT2D eigenvalue weighted by molar-refractivity contribution is 7.89. The molecule has 108 valence electrons. The van der Waals surface area contributed by atoms with Gasteiger partial charge in [-0.15, -0.1) is 11.3 Å². The van der Waals surface area contributed by atoms with E-state index in [0.29, 0.717) is 0 Å². The van der Waals surface area contributed by atoms with Crippen LogP contribution in [0.25, 0.3) is 0 Å². The molecule has 0 aliphatic heterocycles. The number of hydrogen-bond donors (Lipinski definition) is 2. The second-order valence-electron chi connectivity index (χ2n) is 4.49. The summed E-state index contributed by atoms with van der Waals surface area (Å²) in [5.41, 5.74) is 6.33. The molecule has 0 spiro atoms. The number of hydrogen-bond acceptors (Lipinski definition) is 6. The fourth-order valence-electron chi connectivity index (χ4n) is 1.91. The zero-order valence-corrected chi connectivity index (χ0v) is 13.0. The van der Waals surface area contributed by atoms with E-state index >= 15 is 0 Å². The Labute approximate surface area is 122 Å². The molecule has 0 radical (unpaired) electrons. The van der Waals surface area contributed by atoms with E-state index in [1.54, 1.807) is 11.3 Å². The highest BCUT2D eigenvalue weighted by Crippen LogP contribution is 2.27. The number of sulfonamides is 1. The molecule has 1 unspecified atom stereocenters. The van der Waals surface area contributed by atoms with Gasteiger partial charge in [-0.3, -0.25) is 0 Å². The van der Waals surface area contributed by atoms with E-state index in [9.17, 15) is 8.42 Å². The van der Waals surface area contributed by atoms with Gasteiger partial charge in [-0.2, -0.15) is 0 Å². The molecule has 6 nitrogen and oxygen atoms in total. The first-order chi connectivity index (χ1) is 9.29. The van der Waals surface area contributed by atoms with Crippen molar-refractivity contribution in [2.24, 2.45) is 0 Å². The van der Waals surface area contributed by atoms with Gasteiger partial charge in [0.15, 0.2) is 0 Å². The summed E-state index contributed by atoms with van der Waals surface area (Å²) in [5.74, 6) is 0.0429. The van der Waals surface area contributed by atoms with Crippen LogP contribution in [-0.4, -0.2) is 18.4 Å². The van der Waals surface area contributed by atoms with Gasteiger partial charge >= 0.3 is 0 Å². The third kappa shape index (κ3) is 3.14. The molecule has 2 aromatic heterocycles. The minimum Gasteiger partial charge on any atom is -0.368 e. The van der Waals surface area contributed by atoms with E-state index in [4.69, 9.17) is 5.73 Å². The smallest absolute Gasteiger partial charge is 0.244 e. The number of anilines is 1. The predicted octanol–water partition coefficient (Wildman–Crippen LogP) is 1.78. The van der Waals surface area contributed by atoms with Crippen molar-refractivity contribution in [1.29, 1.82) is 0 Å². The Morgan fingerprint density at radius 1 is 1.30 bits per heavy atom. The molecule has 8 heteroatoms. The minimum atomic E-state index is -3.66. The van der Waals surface area contributed by atoms with E-state index < -0.39 is 10.0 Å². The lowest BCUT2D eigenvalue weighted by Crippen LogP contribution is -2.27. The van der Waals surface area contributed by atoms with Crippen LogP contribution in [0.5, 0.6) is 0 Å². The molecule has 3 N–H and O–H groups in total. The second kappa shape index (κ2) is 5.47. The van der Waals surface area contributed by atoms with Crippen LogP contribution < -0.4 is 10.5 Å². The van der Waals surface area contributed by atoms with Crippen LogP contribution in [0.4, 0.5) is 5.95 Å². The van der Waals surface area contributed by atoms with Gasteiger partial charge in [-0.1, -0.05) is 0 Å². The van der Waals surface area contributed by atoms with Crippen LogP contribution in [0.1, 0.15) is 28.3 Å². The highest BCUT2D eigenvalue weighted by atomic mass is 32.2. The third-order valence-electron chi connectivity index (χ3n) is 2.84. The fraction of sp³-hybridized carbons (Fsp3) is 0.333. The summed E-state index contributed by atoms with van der Waals surface area (Å²) in [4.78, 5) is 9.65. The fourth-order valence-corrected chi connectivity index (χ4v) is 4.04. The molecule has 0 bridgehead atoms. The molecule has 0 amide bonds. The normalized spacial score (nSPS) is 13.3. The molecule has 0 saturated carbocycles. The van der Waals surface area contributed by atoms with Crippen LogP contribution in [0.2, 0.25) is 0 Å². The SMILES string of the molecule is Cc1cc(C(C)NS(=O)(=O)c2cnc(N)nc2)c(C)s1. The van der Waals surface area contributed by atoms with Crippen molar-refractivity contribution in [1.82, 2.24) is 14.7 Å². The Hall–Kier alpha value is -1.51. The number of nitrogens with zero attached hydrogens (tertiary/aromatic N) is 2. The zero-order chi connectivity index (χ0) is 14.9. The lowest BCUT2D eigenvalue weighted by molar-refractivity contribution is 0.566. The second-order valence-corrected chi connectivity index (χ2v) is 7.66. The number of nitrogen functional groups attached to an aromatic ring is 1. The Balaban J connectivity index is 2.24. The molecule has 0 aliphatic carbocycles. The summed E-state index contributed by atoms with van der Waals surface area (Å²) in [6.45, 7) is 5.78. The molecule has 2 aromatic rings. The summed E-state index contributed by atoms with van der Waals surface area (Å²) >= 11 is 1.65. The molecule has 1 atom stereocenters. The van der Waals surface area contributed by atoms with Crippen LogP contribution in [0.15, 0.2) is 23.4 Å². The van der Waals surface area contributed by atoms with Crippen LogP contribution in [0, 0.1) is 13.8 Å². The number of rotatable bonds is 4. The van der Waals surface area contributed by atoms with E-state index in [-0.39, 0.29) is 16.9 Å². The first-order valence-corrected chi connectivity index (χ1v) is 8.26. The molecular formula is C12H16N4O2S2. The van der Waals surface area contributed by atoms with Gasteiger partial charge in [0.05, 0.1) is 12.4 Å². The van der Waals surface area contributed by atoms with Crippen molar-refractivity contribution in [2.45, 2.75) is 31.7 Å². The number of aryl methyl sites for hydroxylation is 2. The van der Waals surface area contributed by atoms with Crippen molar-refractivity contribution in [3.8, 4) is 0 Å². The minimum absolute atomic E-state index is 0.00292. The van der Waals surface area contributed by atoms with Gasteiger partial charge in [0.1, 0.15) is 4.90 Å². The summed E-state index contributed by atoms with van der Waals surface area (Å²) in [5, 5.41) is 0. The maximum absolute atomic E-state index is 12.2. The lowest BCUT2D eigenvalue weighted by Gasteiger charge is -2.14. The summed E-state index contributed by atoms with van der Waals surface area (Å²) in [6.07, 6.45) is 2.40. The first kappa shape index (κ1) is 14.9. The topological polar surface area (TPSA) is 98.0 Å². The monoisotopic (exact) mass is 312 g/mol. The highest BCUT2D eigenvalue weighted by Gasteiger charge is 2.21. The van der Waals surface area contributed by atoms with Gasteiger partial charge in [0.2, 0.25) is 16.0 Å². The van der Waals surface area contributed by atoms with Gasteiger partial charge in [-0.05, 0) is 32.4 Å². The van der Waals surface area contributed by atoms with Crippen molar-refractivity contribution in [3.63, 3.8) is 0 Å².